The number of aryl methyl sites for hydroxylation is 1. The van der Waals surface area contributed by atoms with Crippen LogP contribution in [0.3, 0.4) is 0 Å². The second-order valence-corrected chi connectivity index (χ2v) is 11.1. The van der Waals surface area contributed by atoms with Crippen molar-refractivity contribution in [1.82, 2.24) is 14.3 Å². The number of aromatic hydroxyl groups is 1. The number of phenols is 1. The molecule has 2 aromatic heterocycles. The molecular weight excluding hydrogens is 430 g/mol. The van der Waals surface area contributed by atoms with Crippen LogP contribution in [0.4, 0.5) is 0 Å². The molecule has 3 aromatic rings. The summed E-state index contributed by atoms with van der Waals surface area (Å²) in [5.41, 5.74) is 2.89. The number of phenolic OH excluding ortho intramolecular Hbond substituents is 1. The summed E-state index contributed by atoms with van der Waals surface area (Å²) in [6.45, 7) is 3.86. The Balaban J connectivity index is 1.45. The van der Waals surface area contributed by atoms with E-state index in [1.165, 1.54) is 12.8 Å². The molecule has 174 valence electrons. The van der Waals surface area contributed by atoms with E-state index in [0.717, 1.165) is 41.9 Å². The average Bonchev–Trinajstić information content (AvgIpc) is 3.54. The van der Waals surface area contributed by atoms with E-state index in [9.17, 15) is 15.0 Å². The summed E-state index contributed by atoms with van der Waals surface area (Å²) < 4.78 is 8.57. The largest absolute Gasteiger partial charge is 0.504 e. The fourth-order valence-electron chi connectivity index (χ4n) is 7.68. The Labute approximate surface area is 196 Å². The molecule has 0 radical (unpaired) electrons. The van der Waals surface area contributed by atoms with Crippen molar-refractivity contribution in [3.63, 3.8) is 0 Å². The zero-order valence-corrected chi connectivity index (χ0v) is 19.1. The number of rotatable bonds is 2. The Morgan fingerprint density at radius 1 is 1.26 bits per heavy atom. The first-order chi connectivity index (χ1) is 16.4. The third kappa shape index (κ3) is 2.12. The molecule has 0 amide bonds. The summed E-state index contributed by atoms with van der Waals surface area (Å²) in [4.78, 5) is 20.2. The molecule has 1 aromatic carbocycles. The van der Waals surface area contributed by atoms with Crippen molar-refractivity contribution in [3.8, 4) is 11.5 Å². The Morgan fingerprint density at radius 2 is 2.12 bits per heavy atom. The number of likely N-dealkylation sites (tertiary alicyclic amines) is 1. The first-order valence-electron chi connectivity index (χ1n) is 12.4. The van der Waals surface area contributed by atoms with Crippen LogP contribution >= 0.6 is 0 Å². The van der Waals surface area contributed by atoms with Crippen molar-refractivity contribution >= 4 is 5.65 Å². The first-order valence-corrected chi connectivity index (χ1v) is 12.4. The minimum atomic E-state index is -1.16. The Morgan fingerprint density at radius 3 is 2.94 bits per heavy atom. The maximum atomic E-state index is 13.4. The lowest BCUT2D eigenvalue weighted by Crippen LogP contribution is -2.75. The SMILES string of the molecule is Cc1ccn2c3c(c(=O)nc2c1)C[C@@]1(O)[C@H]2Cc4ccc(O)c5c4[C@@]1(CCN2CC1CC1)[C@H]3O5. The molecule has 7 heteroatoms. The molecule has 4 heterocycles. The molecular formula is C27H27N3O4. The van der Waals surface area contributed by atoms with Gasteiger partial charge in [0.1, 0.15) is 5.65 Å². The summed E-state index contributed by atoms with van der Waals surface area (Å²) in [6, 6.07) is 7.54. The van der Waals surface area contributed by atoms with Crippen LogP contribution < -0.4 is 10.3 Å². The number of piperidine rings is 1. The highest BCUT2D eigenvalue weighted by molar-refractivity contribution is 5.65. The van der Waals surface area contributed by atoms with E-state index in [1.807, 2.05) is 35.7 Å². The van der Waals surface area contributed by atoms with Gasteiger partial charge >= 0.3 is 0 Å². The summed E-state index contributed by atoms with van der Waals surface area (Å²) >= 11 is 0. The van der Waals surface area contributed by atoms with Crippen molar-refractivity contribution < 1.29 is 14.9 Å². The lowest BCUT2D eigenvalue weighted by Gasteiger charge is -2.62. The van der Waals surface area contributed by atoms with E-state index in [0.29, 0.717) is 29.3 Å². The number of ether oxygens (including phenoxy) is 1. The van der Waals surface area contributed by atoms with Gasteiger partial charge in [-0.1, -0.05) is 6.07 Å². The number of hydrogen-bond donors (Lipinski definition) is 2. The molecule has 0 unspecified atom stereocenters. The van der Waals surface area contributed by atoms with E-state index >= 15 is 0 Å². The number of aromatic nitrogens is 2. The molecule has 7 nitrogen and oxygen atoms in total. The van der Waals surface area contributed by atoms with Crippen LogP contribution in [0, 0.1) is 12.8 Å². The number of nitrogens with zero attached hydrogens (tertiary/aromatic N) is 3. The smallest absolute Gasteiger partial charge is 0.276 e. The monoisotopic (exact) mass is 457 g/mol. The molecule has 1 saturated carbocycles. The van der Waals surface area contributed by atoms with E-state index in [1.54, 1.807) is 6.07 Å². The molecule has 2 fully saturated rings. The molecule has 4 atom stereocenters. The van der Waals surface area contributed by atoms with Crippen LogP contribution in [-0.2, 0) is 18.3 Å². The lowest BCUT2D eigenvalue weighted by atomic mass is 9.49. The summed E-state index contributed by atoms with van der Waals surface area (Å²) in [5.74, 6) is 1.29. The van der Waals surface area contributed by atoms with Crippen LogP contribution in [0.1, 0.15) is 53.3 Å². The summed E-state index contributed by atoms with van der Waals surface area (Å²) in [5, 5.41) is 23.5. The third-order valence-electron chi connectivity index (χ3n) is 9.34. The molecule has 1 saturated heterocycles. The topological polar surface area (TPSA) is 87.3 Å². The van der Waals surface area contributed by atoms with E-state index < -0.39 is 17.1 Å². The van der Waals surface area contributed by atoms with Crippen molar-refractivity contribution in [2.75, 3.05) is 13.1 Å². The quantitative estimate of drug-likeness (QED) is 0.615. The highest BCUT2D eigenvalue weighted by atomic mass is 16.5. The van der Waals surface area contributed by atoms with Gasteiger partial charge in [-0.15, -0.1) is 0 Å². The van der Waals surface area contributed by atoms with Gasteiger partial charge in [-0.25, -0.2) is 0 Å². The molecule has 1 spiro atoms. The minimum Gasteiger partial charge on any atom is -0.504 e. The van der Waals surface area contributed by atoms with Crippen molar-refractivity contribution in [3.05, 3.63) is 68.8 Å². The highest BCUT2D eigenvalue weighted by Crippen LogP contribution is 2.68. The van der Waals surface area contributed by atoms with E-state index in [-0.39, 0.29) is 23.8 Å². The molecule has 2 N–H and O–H groups in total. The Kier molecular flexibility index (Phi) is 3.43. The van der Waals surface area contributed by atoms with Crippen molar-refractivity contribution in [2.24, 2.45) is 5.92 Å². The zero-order valence-electron chi connectivity index (χ0n) is 19.1. The number of pyridine rings is 1. The fraction of sp³-hybridized carbons (Fsp3) is 0.481. The molecule has 8 rings (SSSR count). The standard InChI is InChI=1S/C27H27N3O4/c1-14-6-8-30-20(10-14)28-25(32)17-12-27(33)19-11-16-4-5-18(31)23-21(16)26(27,24(34-23)22(17)30)7-9-29(19)13-15-2-3-15/h4-6,8,10,15,19,24,31,33H,2-3,7,9,11-13H2,1H3/t19-,24+,26+,27-/m1/s1. The maximum Gasteiger partial charge on any atom is 0.276 e. The predicted molar refractivity (Wildman–Crippen MR) is 124 cm³/mol. The van der Waals surface area contributed by atoms with Crippen LogP contribution in [0.25, 0.3) is 5.65 Å². The average molecular weight is 458 g/mol. The molecule has 5 aliphatic rings. The number of hydrogen-bond acceptors (Lipinski definition) is 6. The van der Waals surface area contributed by atoms with E-state index in [4.69, 9.17) is 4.74 Å². The summed E-state index contributed by atoms with van der Waals surface area (Å²) in [7, 11) is 0. The first kappa shape index (κ1) is 19.4. The zero-order chi connectivity index (χ0) is 23.0. The molecule has 34 heavy (non-hydrogen) atoms. The van der Waals surface area contributed by atoms with Gasteiger partial charge in [0, 0.05) is 36.3 Å². The van der Waals surface area contributed by atoms with Gasteiger partial charge in [0.25, 0.3) is 5.56 Å². The molecule has 2 bridgehead atoms. The van der Waals surface area contributed by atoms with Gasteiger partial charge < -0.3 is 19.4 Å². The normalized spacial score (nSPS) is 32.9. The van der Waals surface area contributed by atoms with Crippen molar-refractivity contribution in [1.29, 1.82) is 0 Å². The van der Waals surface area contributed by atoms with Gasteiger partial charge in [-0.3, -0.25) is 9.69 Å². The fourth-order valence-corrected chi connectivity index (χ4v) is 7.68. The van der Waals surface area contributed by atoms with E-state index in [2.05, 4.69) is 9.88 Å². The Bertz CT molecular complexity index is 1480. The van der Waals surface area contributed by atoms with Crippen LogP contribution in [0.15, 0.2) is 35.3 Å². The third-order valence-corrected chi connectivity index (χ3v) is 9.34. The second kappa shape index (κ2) is 6.01. The lowest BCUT2D eigenvalue weighted by molar-refractivity contribution is -0.174. The summed E-state index contributed by atoms with van der Waals surface area (Å²) in [6.07, 6.45) is 5.59. The highest BCUT2D eigenvalue weighted by Gasteiger charge is 2.73. The van der Waals surface area contributed by atoms with Crippen LogP contribution in [-0.4, -0.2) is 49.2 Å². The maximum absolute atomic E-state index is 13.4. The number of aliphatic hydroxyl groups is 1. The number of fused-ring (bicyclic) bond motifs is 4. The van der Waals surface area contributed by atoms with Crippen molar-refractivity contribution in [2.45, 2.75) is 62.2 Å². The van der Waals surface area contributed by atoms with Gasteiger partial charge in [0.2, 0.25) is 0 Å². The van der Waals surface area contributed by atoms with Crippen LogP contribution in [0.2, 0.25) is 0 Å². The van der Waals surface area contributed by atoms with Gasteiger partial charge in [-0.2, -0.15) is 4.98 Å². The Hall–Kier alpha value is -2.90. The predicted octanol–water partition coefficient (Wildman–Crippen LogP) is 2.41. The number of benzene rings is 1. The molecule has 3 aliphatic carbocycles. The minimum absolute atomic E-state index is 0.0952. The second-order valence-electron chi connectivity index (χ2n) is 11.1. The van der Waals surface area contributed by atoms with Gasteiger partial charge in [-0.05, 0) is 74.4 Å². The van der Waals surface area contributed by atoms with Crippen LogP contribution in [0.5, 0.6) is 11.5 Å². The molecule has 2 aliphatic heterocycles. The van der Waals surface area contributed by atoms with Gasteiger partial charge in [0.15, 0.2) is 17.6 Å². The van der Waals surface area contributed by atoms with Gasteiger partial charge in [0.05, 0.1) is 16.7 Å².